The van der Waals surface area contributed by atoms with E-state index in [0.717, 1.165) is 0 Å². The Morgan fingerprint density at radius 2 is 2.37 bits per heavy atom. The van der Waals surface area contributed by atoms with Gasteiger partial charge >= 0.3 is 37.7 Å². The number of aromatic nitrogens is 1. The maximum atomic E-state index is 13.5. The Hall–Kier alpha value is -0.600. The van der Waals surface area contributed by atoms with E-state index in [2.05, 4.69) is 0 Å². The number of rotatable bonds is 6. The van der Waals surface area contributed by atoms with E-state index in [1.165, 1.54) is 0 Å². The van der Waals surface area contributed by atoms with E-state index >= 15 is 0 Å². The van der Waals surface area contributed by atoms with Crippen LogP contribution in [-0.2, 0) is 0 Å². The molecule has 0 aromatic carbocycles. The summed E-state index contributed by atoms with van der Waals surface area (Å²) in [6, 6.07) is -3.89. The zero-order valence-corrected chi connectivity index (χ0v) is 16.9. The summed E-state index contributed by atoms with van der Waals surface area (Å²) in [4.78, 5) is 25.6. The number of amides is 1. The fourth-order valence-electron chi connectivity index (χ4n) is 2.05. The Bertz CT molecular complexity index is 1660. The quantitative estimate of drug-likeness (QED) is 0.700. The van der Waals surface area contributed by atoms with Crippen LogP contribution in [-0.4, -0.2) is 79.1 Å². The van der Waals surface area contributed by atoms with Crippen molar-refractivity contribution in [3.05, 3.63) is 27.3 Å². The molecule has 0 spiro atoms. The number of piperidine rings is 1. The normalized spacial score (nSPS) is 39.5. The van der Waals surface area contributed by atoms with Crippen LogP contribution < -0.4 is 16.0 Å². The number of hydrogen-bond acceptors (Lipinski definition) is 5. The maximum absolute atomic E-state index is 13.5. The predicted molar refractivity (Wildman–Crippen MR) is 110 cm³/mol. The van der Waals surface area contributed by atoms with Gasteiger partial charge in [-0.1, -0.05) is 12.1 Å². The number of carbonyl (C=O) groups is 1. The van der Waals surface area contributed by atoms with E-state index in [-0.39, 0.29) is 55.1 Å². The standard InChI is InChI=1S/C19H27N3O3S.Ca.H/c1-13(2)22-18(25)15(16(23)14-7-12-26-19(14)22)17(24)20-8-6-11-21-9-4-3-5-10-21;;/h7,12-13,23H,3-6,8-11H2,1-2H3,(H,20,24);;/q;+2;-1/p-1/i1D3,3D2,4D2,5D2,7D,8D2,9D2,10D2,11D2,12D,13D;;/hD. The molecule has 1 saturated heterocycles. The Labute approximate surface area is 224 Å². The van der Waals surface area contributed by atoms with Gasteiger partial charge < -0.3 is 16.7 Å². The summed E-state index contributed by atoms with van der Waals surface area (Å²) < 4.78 is 169. The number of pyridine rings is 1. The second-order valence-electron chi connectivity index (χ2n) is 4.78. The molecule has 1 amide bonds. The third kappa shape index (κ3) is 5.07. The van der Waals surface area contributed by atoms with Gasteiger partial charge in [0, 0.05) is 41.2 Å². The Balaban J connectivity index is 0.00000600. The molecule has 0 aliphatic carbocycles. The van der Waals surface area contributed by atoms with Crippen LogP contribution in [0.5, 0.6) is 5.75 Å². The number of carbonyl (C=O) groups excluding carboxylic acids is 1. The first-order chi connectivity index (χ1) is 20.5. The predicted octanol–water partition coefficient (Wildman–Crippen LogP) is 2.05. The second-order valence-corrected chi connectivity index (χ2v) is 5.58. The van der Waals surface area contributed by atoms with Gasteiger partial charge in [0.15, 0.2) is 1.41 Å². The Kier molecular flexibility index (Phi) is 2.76. The van der Waals surface area contributed by atoms with Crippen molar-refractivity contribution in [3.63, 3.8) is 0 Å². The second kappa shape index (κ2) is 10.3. The van der Waals surface area contributed by atoms with Crippen LogP contribution in [0.4, 0.5) is 0 Å². The van der Waals surface area contributed by atoms with Crippen LogP contribution in [0, 0.1) is 0 Å². The van der Waals surface area contributed by atoms with Gasteiger partial charge in [0.1, 0.15) is 4.83 Å². The van der Waals surface area contributed by atoms with Crippen molar-refractivity contribution in [1.82, 2.24) is 14.8 Å². The SMILES string of the molecule is [2H]c1sc2c(c1[2H])c([O-])c(C(=O)N([2H])C([2H])([2H])CC([2H])([2H])N1C([2H])([2H])C([2H])([2H])C([2H])([2H])C([2H])([2H])C1([2H])[2H])c(=O)n2C([2H])(C)C([2H])([2H])[2H].[Ca+2].[H-]. The van der Waals surface area contributed by atoms with Gasteiger partial charge in [-0.3, -0.25) is 14.2 Å². The molecular formula is C19H27CaN3O3S. The number of nitrogens with zero attached hydrogens (tertiary/aromatic N) is 2. The summed E-state index contributed by atoms with van der Waals surface area (Å²) in [6.07, 6.45) is -14.0. The van der Waals surface area contributed by atoms with Crippen molar-refractivity contribution >= 4 is 65.2 Å². The molecule has 6 nitrogen and oxygen atoms in total. The average Bonchev–Trinajstić information content (AvgIpc) is 3.13. The smallest absolute Gasteiger partial charge is 1.00 e. The van der Waals surface area contributed by atoms with Gasteiger partial charge in [-0.05, 0) is 63.8 Å². The summed E-state index contributed by atoms with van der Waals surface area (Å²) in [7, 11) is 0. The fourth-order valence-corrected chi connectivity index (χ4v) is 2.85. The molecule has 1 atom stereocenters. The molecule has 1 aliphatic rings. The van der Waals surface area contributed by atoms with Crippen LogP contribution >= 0.6 is 11.3 Å². The van der Waals surface area contributed by atoms with E-state index in [1.807, 2.05) is 0 Å². The first-order valence-electron chi connectivity index (χ1n) is 17.5. The molecule has 27 heavy (non-hydrogen) atoms. The zero-order chi connectivity index (χ0) is 37.3. The first-order valence-corrected chi connectivity index (χ1v) is 7.83. The van der Waals surface area contributed by atoms with Gasteiger partial charge in [-0.15, -0.1) is 11.3 Å². The van der Waals surface area contributed by atoms with Crippen molar-refractivity contribution in [1.29, 1.82) is 0 Å². The third-order valence-corrected chi connectivity index (χ3v) is 3.90. The molecule has 3 rings (SSSR count). The number of likely N-dealkylation sites (tertiary alicyclic amines) is 1. The van der Waals surface area contributed by atoms with Gasteiger partial charge in [-0.2, -0.15) is 0 Å². The van der Waals surface area contributed by atoms with Gasteiger partial charge in [0.2, 0.25) is 0 Å². The van der Waals surface area contributed by atoms with Gasteiger partial charge in [0.05, 0.1) is 9.68 Å². The molecule has 3 heterocycles. The Morgan fingerprint density at radius 1 is 1.63 bits per heavy atom. The number of nitrogens with one attached hydrogen (secondary N) is 1. The van der Waals surface area contributed by atoms with Crippen LogP contribution in [0.3, 0.4) is 0 Å². The van der Waals surface area contributed by atoms with Crippen molar-refractivity contribution in [2.24, 2.45) is 0 Å². The third-order valence-electron chi connectivity index (χ3n) is 3.12. The summed E-state index contributed by atoms with van der Waals surface area (Å²) in [5.74, 6) is -3.86. The molecule has 1 unspecified atom stereocenters. The molecule has 1 fully saturated rings. The molecule has 8 heteroatoms. The molecule has 0 radical (unpaired) electrons. The fraction of sp³-hybridized carbons (Fsp3) is 0.579. The minimum atomic E-state index is -4.08. The average molecular weight is 439 g/mol. The first kappa shape index (κ1) is 7.27. The number of thiophene rings is 1. The van der Waals surface area contributed by atoms with Crippen LogP contribution in [0.15, 0.2) is 16.2 Å². The zero-order valence-electron chi connectivity index (χ0n) is 35.9. The van der Waals surface area contributed by atoms with E-state index in [4.69, 9.17) is 28.8 Å². The molecule has 0 bridgehead atoms. The number of hydrogen-bond donors (Lipinski definition) is 1. The van der Waals surface area contributed by atoms with Crippen molar-refractivity contribution in [2.45, 2.75) is 45.3 Å². The molecule has 144 valence electrons. The Morgan fingerprint density at radius 3 is 3.07 bits per heavy atom. The van der Waals surface area contributed by atoms with Crippen LogP contribution in [0.1, 0.15) is 84.5 Å². The molecule has 2 aromatic heterocycles. The summed E-state index contributed by atoms with van der Waals surface area (Å²) >= 11 is 0.246. The van der Waals surface area contributed by atoms with E-state index in [0.29, 0.717) is 6.92 Å². The van der Waals surface area contributed by atoms with E-state index < -0.39 is 119 Å². The van der Waals surface area contributed by atoms with Crippen LogP contribution in [0.2, 0.25) is 1.41 Å². The van der Waals surface area contributed by atoms with Crippen molar-refractivity contribution in [2.75, 3.05) is 26.0 Å². The summed E-state index contributed by atoms with van der Waals surface area (Å²) in [5.41, 5.74) is -3.55. The minimum Gasteiger partial charge on any atom is -1.00 e. The van der Waals surface area contributed by atoms with Gasteiger partial charge in [0.25, 0.3) is 11.5 Å². The number of fused-ring (bicyclic) bond motifs is 1. The topological polar surface area (TPSA) is 77.4 Å². The summed E-state index contributed by atoms with van der Waals surface area (Å²) in [5, 5.41) is 10.9. The van der Waals surface area contributed by atoms with Crippen molar-refractivity contribution < 1.29 is 40.2 Å². The molecule has 1 aliphatic heterocycles. The summed E-state index contributed by atoms with van der Waals surface area (Å²) in [6.45, 7) is -18.6. The maximum Gasteiger partial charge on any atom is 2.00 e. The van der Waals surface area contributed by atoms with E-state index in [9.17, 15) is 14.7 Å². The van der Waals surface area contributed by atoms with Crippen LogP contribution in [0.25, 0.3) is 10.2 Å². The largest absolute Gasteiger partial charge is 2.00 e. The molecule has 0 saturated carbocycles. The molecule has 1 N–H and O–H groups in total. The molecular weight excluding hydrogens is 390 g/mol. The van der Waals surface area contributed by atoms with E-state index in [1.54, 1.807) is 0 Å². The van der Waals surface area contributed by atoms with Gasteiger partial charge in [-0.25, -0.2) is 0 Å². The minimum absolute atomic E-state index is 0. The monoisotopic (exact) mass is 438 g/mol. The molecule has 2 aromatic rings. The van der Waals surface area contributed by atoms with Crippen molar-refractivity contribution in [3.8, 4) is 5.75 Å².